The maximum atomic E-state index is 11.0. The minimum Gasteiger partial charge on any atom is -0.299 e. The topological polar surface area (TPSA) is 17.1 Å². The molecule has 0 radical (unpaired) electrons. The molecular formula is C13H14O. The van der Waals surface area contributed by atoms with Gasteiger partial charge in [0.25, 0.3) is 0 Å². The summed E-state index contributed by atoms with van der Waals surface area (Å²) in [6, 6.07) is 10.4. The third-order valence-electron chi connectivity index (χ3n) is 2.62. The van der Waals surface area contributed by atoms with Gasteiger partial charge in [-0.05, 0) is 18.4 Å². The molecular weight excluding hydrogens is 172 g/mol. The fraction of sp³-hybridized carbons (Fsp3) is 0.308. The van der Waals surface area contributed by atoms with E-state index in [1.165, 1.54) is 11.1 Å². The highest BCUT2D eigenvalue weighted by Crippen LogP contribution is 2.19. The van der Waals surface area contributed by atoms with Gasteiger partial charge in [-0.3, -0.25) is 4.79 Å². The van der Waals surface area contributed by atoms with Crippen LogP contribution in [0.3, 0.4) is 0 Å². The van der Waals surface area contributed by atoms with E-state index < -0.39 is 0 Å². The second-order valence-corrected chi connectivity index (χ2v) is 3.77. The standard InChI is InChI=1S/C13H14O/c14-13-9-8-12(10-13)7-6-11-4-2-1-3-5-11/h1-5,8H,6-7,9-10H2. The van der Waals surface area contributed by atoms with Gasteiger partial charge in [-0.25, -0.2) is 0 Å². The van der Waals surface area contributed by atoms with Crippen LogP contribution < -0.4 is 0 Å². The van der Waals surface area contributed by atoms with Crippen molar-refractivity contribution in [3.63, 3.8) is 0 Å². The van der Waals surface area contributed by atoms with Gasteiger partial charge >= 0.3 is 0 Å². The Morgan fingerprint density at radius 3 is 2.50 bits per heavy atom. The molecule has 0 N–H and O–H groups in total. The lowest BCUT2D eigenvalue weighted by Gasteiger charge is -2.01. The normalized spacial score (nSPS) is 15.7. The first kappa shape index (κ1) is 9.20. The Labute approximate surface area is 84.5 Å². The van der Waals surface area contributed by atoms with Gasteiger partial charge in [0.15, 0.2) is 0 Å². The number of benzene rings is 1. The van der Waals surface area contributed by atoms with Crippen LogP contribution in [0.15, 0.2) is 42.0 Å². The maximum Gasteiger partial charge on any atom is 0.140 e. The molecule has 0 saturated heterocycles. The summed E-state index contributed by atoms with van der Waals surface area (Å²) in [6.07, 6.45) is 5.53. The van der Waals surface area contributed by atoms with Gasteiger partial charge in [0.1, 0.15) is 5.78 Å². The minimum absolute atomic E-state index is 0.369. The number of hydrogen-bond acceptors (Lipinski definition) is 1. The molecule has 1 heteroatoms. The van der Waals surface area contributed by atoms with Crippen molar-refractivity contribution in [1.82, 2.24) is 0 Å². The van der Waals surface area contributed by atoms with Gasteiger partial charge in [0.05, 0.1) is 0 Å². The van der Waals surface area contributed by atoms with Crippen molar-refractivity contribution in [3.8, 4) is 0 Å². The van der Waals surface area contributed by atoms with Crippen LogP contribution in [-0.2, 0) is 11.2 Å². The van der Waals surface area contributed by atoms with E-state index in [2.05, 4.69) is 30.3 Å². The maximum absolute atomic E-state index is 11.0. The van der Waals surface area contributed by atoms with E-state index in [-0.39, 0.29) is 0 Å². The van der Waals surface area contributed by atoms with Crippen LogP contribution in [0, 0.1) is 0 Å². The second kappa shape index (κ2) is 4.23. The van der Waals surface area contributed by atoms with E-state index in [1.807, 2.05) is 6.07 Å². The predicted molar refractivity (Wildman–Crippen MR) is 57.1 cm³/mol. The molecule has 0 unspecified atom stereocenters. The highest BCUT2D eigenvalue weighted by Gasteiger charge is 2.11. The van der Waals surface area contributed by atoms with Crippen LogP contribution in [0.4, 0.5) is 0 Å². The zero-order chi connectivity index (χ0) is 9.80. The molecule has 0 aliphatic heterocycles. The van der Waals surface area contributed by atoms with Gasteiger partial charge in [0.2, 0.25) is 0 Å². The van der Waals surface area contributed by atoms with E-state index in [0.717, 1.165) is 12.8 Å². The Hall–Kier alpha value is -1.37. The van der Waals surface area contributed by atoms with Crippen molar-refractivity contribution >= 4 is 5.78 Å². The minimum atomic E-state index is 0.369. The van der Waals surface area contributed by atoms with Crippen LogP contribution in [0.2, 0.25) is 0 Å². The highest BCUT2D eigenvalue weighted by molar-refractivity contribution is 5.85. The fourth-order valence-electron chi connectivity index (χ4n) is 1.80. The predicted octanol–water partition coefficient (Wildman–Crippen LogP) is 2.91. The van der Waals surface area contributed by atoms with Crippen molar-refractivity contribution in [3.05, 3.63) is 47.5 Å². The summed E-state index contributed by atoms with van der Waals surface area (Å²) in [5, 5.41) is 0. The zero-order valence-corrected chi connectivity index (χ0v) is 8.20. The van der Waals surface area contributed by atoms with Crippen molar-refractivity contribution in [2.24, 2.45) is 0 Å². The van der Waals surface area contributed by atoms with Crippen LogP contribution in [0.1, 0.15) is 24.8 Å². The van der Waals surface area contributed by atoms with Gasteiger partial charge in [-0.2, -0.15) is 0 Å². The summed E-state index contributed by atoms with van der Waals surface area (Å²) in [7, 11) is 0. The number of ketones is 1. The molecule has 0 bridgehead atoms. The Kier molecular flexibility index (Phi) is 2.78. The molecule has 1 aliphatic rings. The molecule has 0 atom stereocenters. The molecule has 0 saturated carbocycles. The zero-order valence-electron chi connectivity index (χ0n) is 8.20. The summed E-state index contributed by atoms with van der Waals surface area (Å²) in [4.78, 5) is 11.0. The fourth-order valence-corrected chi connectivity index (χ4v) is 1.80. The van der Waals surface area contributed by atoms with Crippen molar-refractivity contribution in [2.75, 3.05) is 0 Å². The lowest BCUT2D eigenvalue weighted by Crippen LogP contribution is -1.91. The molecule has 0 aromatic heterocycles. The highest BCUT2D eigenvalue weighted by atomic mass is 16.1. The van der Waals surface area contributed by atoms with Gasteiger partial charge in [-0.1, -0.05) is 42.0 Å². The van der Waals surface area contributed by atoms with E-state index >= 15 is 0 Å². The molecule has 1 aromatic carbocycles. The summed E-state index contributed by atoms with van der Waals surface area (Å²) in [5.74, 6) is 0.369. The van der Waals surface area contributed by atoms with Gasteiger partial charge < -0.3 is 0 Å². The molecule has 1 aromatic rings. The van der Waals surface area contributed by atoms with Gasteiger partial charge in [-0.15, -0.1) is 0 Å². The molecule has 1 nitrogen and oxygen atoms in total. The van der Waals surface area contributed by atoms with Crippen LogP contribution in [0.25, 0.3) is 0 Å². The molecule has 0 heterocycles. The number of hydrogen-bond donors (Lipinski definition) is 0. The largest absolute Gasteiger partial charge is 0.299 e. The number of carbonyl (C=O) groups excluding carboxylic acids is 1. The third kappa shape index (κ3) is 2.32. The number of allylic oxidation sites excluding steroid dienone is 2. The molecule has 2 rings (SSSR count). The Morgan fingerprint density at radius 2 is 1.86 bits per heavy atom. The second-order valence-electron chi connectivity index (χ2n) is 3.77. The van der Waals surface area contributed by atoms with Crippen LogP contribution >= 0.6 is 0 Å². The molecule has 1 aliphatic carbocycles. The smallest absolute Gasteiger partial charge is 0.140 e. The van der Waals surface area contributed by atoms with Crippen LogP contribution in [-0.4, -0.2) is 5.78 Å². The van der Waals surface area contributed by atoms with E-state index in [0.29, 0.717) is 18.6 Å². The molecule has 0 spiro atoms. The average molecular weight is 186 g/mol. The van der Waals surface area contributed by atoms with Crippen molar-refractivity contribution < 1.29 is 4.79 Å². The summed E-state index contributed by atoms with van der Waals surface area (Å²) < 4.78 is 0. The molecule has 0 fully saturated rings. The summed E-state index contributed by atoms with van der Waals surface area (Å²) in [5.41, 5.74) is 2.67. The average Bonchev–Trinajstić information content (AvgIpc) is 2.63. The number of Topliss-reactive ketones (excluding diaryl/α,β-unsaturated/α-hetero) is 1. The van der Waals surface area contributed by atoms with Crippen molar-refractivity contribution in [1.29, 1.82) is 0 Å². The summed E-state index contributed by atoms with van der Waals surface area (Å²) >= 11 is 0. The monoisotopic (exact) mass is 186 g/mol. The van der Waals surface area contributed by atoms with Crippen molar-refractivity contribution in [2.45, 2.75) is 25.7 Å². The SMILES string of the molecule is O=C1CC=C(CCc2ccccc2)C1. The Morgan fingerprint density at radius 1 is 1.07 bits per heavy atom. The Balaban J connectivity index is 1.86. The Bertz CT molecular complexity index is 349. The first-order chi connectivity index (χ1) is 6.84. The number of aryl methyl sites for hydroxylation is 1. The third-order valence-corrected chi connectivity index (χ3v) is 2.62. The van der Waals surface area contributed by atoms with Gasteiger partial charge in [0, 0.05) is 12.8 Å². The summed E-state index contributed by atoms with van der Waals surface area (Å²) in [6.45, 7) is 0. The number of rotatable bonds is 3. The molecule has 72 valence electrons. The van der Waals surface area contributed by atoms with E-state index in [4.69, 9.17) is 0 Å². The van der Waals surface area contributed by atoms with Crippen LogP contribution in [0.5, 0.6) is 0 Å². The first-order valence-electron chi connectivity index (χ1n) is 5.08. The van der Waals surface area contributed by atoms with E-state index in [9.17, 15) is 4.79 Å². The van der Waals surface area contributed by atoms with E-state index in [1.54, 1.807) is 0 Å². The quantitative estimate of drug-likeness (QED) is 0.663. The number of carbonyl (C=O) groups is 1. The lowest BCUT2D eigenvalue weighted by molar-refractivity contribution is -0.117. The first-order valence-corrected chi connectivity index (χ1v) is 5.08. The lowest BCUT2D eigenvalue weighted by atomic mass is 10.0. The molecule has 14 heavy (non-hydrogen) atoms. The molecule has 0 amide bonds.